The van der Waals surface area contributed by atoms with Crippen molar-refractivity contribution in [3.05, 3.63) is 52.6 Å². The van der Waals surface area contributed by atoms with Gasteiger partial charge in [0.2, 0.25) is 0 Å². The lowest BCUT2D eigenvalue weighted by Gasteiger charge is -2.09. The van der Waals surface area contributed by atoms with Crippen molar-refractivity contribution in [2.75, 3.05) is 6.54 Å². The van der Waals surface area contributed by atoms with Gasteiger partial charge in [0.05, 0.1) is 0 Å². The molecule has 100 valence electrons. The van der Waals surface area contributed by atoms with Crippen LogP contribution in [0.2, 0.25) is 0 Å². The number of hydrogen-bond acceptors (Lipinski definition) is 1. The molecular weight excluding hydrogens is 230 g/mol. The summed E-state index contributed by atoms with van der Waals surface area (Å²) in [5, 5.41) is 0. The molecule has 0 aromatic heterocycles. The van der Waals surface area contributed by atoms with Crippen molar-refractivity contribution in [1.29, 1.82) is 0 Å². The Labute approximate surface area is 116 Å². The van der Waals surface area contributed by atoms with E-state index in [2.05, 4.69) is 56.1 Å². The van der Waals surface area contributed by atoms with Crippen LogP contribution in [-0.2, 0) is 0 Å². The third-order valence-corrected chi connectivity index (χ3v) is 3.81. The van der Waals surface area contributed by atoms with Gasteiger partial charge >= 0.3 is 0 Å². The molecule has 0 aliphatic heterocycles. The molecule has 0 fully saturated rings. The van der Waals surface area contributed by atoms with Gasteiger partial charge in [0, 0.05) is 12.8 Å². The van der Waals surface area contributed by atoms with Crippen LogP contribution < -0.4 is 0 Å². The molecule has 1 aromatic rings. The molecule has 1 aliphatic carbocycles. The third-order valence-electron chi connectivity index (χ3n) is 3.81. The van der Waals surface area contributed by atoms with E-state index in [1.54, 1.807) is 0 Å². The highest BCUT2D eigenvalue weighted by Crippen LogP contribution is 2.34. The molecule has 1 heteroatoms. The normalized spacial score (nSPS) is 15.4. The zero-order valence-electron chi connectivity index (χ0n) is 12.2. The van der Waals surface area contributed by atoms with Crippen molar-refractivity contribution in [2.45, 2.75) is 40.0 Å². The monoisotopic (exact) mass is 253 g/mol. The van der Waals surface area contributed by atoms with Gasteiger partial charge in [-0.1, -0.05) is 49.3 Å². The molecule has 0 saturated heterocycles. The molecule has 0 bridgehead atoms. The van der Waals surface area contributed by atoms with Gasteiger partial charge in [-0.15, -0.1) is 0 Å². The Morgan fingerprint density at radius 2 is 2.00 bits per heavy atom. The molecule has 2 rings (SSSR count). The summed E-state index contributed by atoms with van der Waals surface area (Å²) in [4.78, 5) is 4.54. The number of rotatable bonds is 5. The van der Waals surface area contributed by atoms with E-state index in [4.69, 9.17) is 0 Å². The van der Waals surface area contributed by atoms with Gasteiger partial charge in [-0.25, -0.2) is 0 Å². The highest BCUT2D eigenvalue weighted by atomic mass is 14.7. The van der Waals surface area contributed by atoms with E-state index in [1.807, 2.05) is 6.21 Å². The molecule has 0 amide bonds. The number of hydrogen-bond donors (Lipinski definition) is 0. The molecule has 0 N–H and O–H groups in total. The van der Waals surface area contributed by atoms with Gasteiger partial charge in [-0.05, 0) is 49.0 Å². The predicted molar refractivity (Wildman–Crippen MR) is 84.8 cm³/mol. The summed E-state index contributed by atoms with van der Waals surface area (Å²) in [5.74, 6) is 0. The third kappa shape index (κ3) is 3.23. The van der Waals surface area contributed by atoms with Crippen LogP contribution in [0.5, 0.6) is 0 Å². The fourth-order valence-electron chi connectivity index (χ4n) is 2.41. The molecule has 1 aromatic carbocycles. The average molecular weight is 253 g/mol. The number of aliphatic imine (C=N–C) groups is 1. The summed E-state index contributed by atoms with van der Waals surface area (Å²) in [6.07, 6.45) is 7.78. The van der Waals surface area contributed by atoms with Crippen LogP contribution in [-0.4, -0.2) is 12.8 Å². The SMILES string of the molecule is CCCC/N=C/c1ccccc1C1=C(C)C(C)=CC1. The Kier molecular flexibility index (Phi) is 4.73. The summed E-state index contributed by atoms with van der Waals surface area (Å²) in [6.45, 7) is 7.55. The number of benzene rings is 1. The number of allylic oxidation sites excluding steroid dienone is 4. The van der Waals surface area contributed by atoms with Crippen LogP contribution in [0.4, 0.5) is 0 Å². The molecule has 0 radical (unpaired) electrons. The molecule has 1 aliphatic rings. The van der Waals surface area contributed by atoms with Crippen molar-refractivity contribution < 1.29 is 0 Å². The zero-order valence-corrected chi connectivity index (χ0v) is 12.2. The number of unbranched alkanes of at least 4 members (excludes halogenated alkanes) is 1. The standard InChI is InChI=1S/C18H23N/c1-4-5-12-19-13-16-8-6-7-9-18(16)17-11-10-14(2)15(17)3/h6-10,13H,4-5,11-12H2,1-3H3/b19-13+. The molecule has 0 atom stereocenters. The van der Waals surface area contributed by atoms with Gasteiger partial charge in [0.15, 0.2) is 0 Å². The fourth-order valence-corrected chi connectivity index (χ4v) is 2.41. The van der Waals surface area contributed by atoms with Crippen LogP contribution >= 0.6 is 0 Å². The second-order valence-electron chi connectivity index (χ2n) is 5.17. The van der Waals surface area contributed by atoms with Crippen LogP contribution in [0.25, 0.3) is 5.57 Å². The first-order valence-corrected chi connectivity index (χ1v) is 7.20. The molecule has 0 heterocycles. The Bertz CT molecular complexity index is 532. The summed E-state index contributed by atoms with van der Waals surface area (Å²) < 4.78 is 0. The number of nitrogens with zero attached hydrogens (tertiary/aromatic N) is 1. The highest BCUT2D eigenvalue weighted by molar-refractivity contribution is 5.90. The lowest BCUT2D eigenvalue weighted by molar-refractivity contribution is 0.810. The van der Waals surface area contributed by atoms with E-state index in [9.17, 15) is 0 Å². The molecule has 0 spiro atoms. The smallest absolute Gasteiger partial charge is 0.0389 e. The van der Waals surface area contributed by atoms with E-state index in [-0.39, 0.29) is 0 Å². The summed E-state index contributed by atoms with van der Waals surface area (Å²) in [7, 11) is 0. The Balaban J connectivity index is 2.25. The minimum Gasteiger partial charge on any atom is -0.293 e. The maximum Gasteiger partial charge on any atom is 0.0389 e. The first kappa shape index (κ1) is 13.8. The summed E-state index contributed by atoms with van der Waals surface area (Å²) in [5.41, 5.74) is 6.88. The summed E-state index contributed by atoms with van der Waals surface area (Å²) >= 11 is 0. The quantitative estimate of drug-likeness (QED) is 0.515. The van der Waals surface area contributed by atoms with Gasteiger partial charge in [-0.2, -0.15) is 0 Å². The second-order valence-corrected chi connectivity index (χ2v) is 5.17. The van der Waals surface area contributed by atoms with Crippen LogP contribution in [0.1, 0.15) is 51.2 Å². The van der Waals surface area contributed by atoms with Crippen molar-refractivity contribution in [1.82, 2.24) is 0 Å². The maximum absolute atomic E-state index is 4.54. The van der Waals surface area contributed by atoms with Crippen molar-refractivity contribution in [3.63, 3.8) is 0 Å². The van der Waals surface area contributed by atoms with E-state index in [1.165, 1.54) is 40.7 Å². The zero-order chi connectivity index (χ0) is 13.7. The predicted octanol–water partition coefficient (Wildman–Crippen LogP) is 5.03. The van der Waals surface area contributed by atoms with Crippen LogP contribution in [0, 0.1) is 0 Å². The van der Waals surface area contributed by atoms with E-state index < -0.39 is 0 Å². The van der Waals surface area contributed by atoms with Crippen molar-refractivity contribution in [3.8, 4) is 0 Å². The maximum atomic E-state index is 4.54. The molecule has 0 unspecified atom stereocenters. The lowest BCUT2D eigenvalue weighted by Crippen LogP contribution is -1.93. The van der Waals surface area contributed by atoms with Crippen LogP contribution in [0.3, 0.4) is 0 Å². The first-order chi connectivity index (χ1) is 9.24. The highest BCUT2D eigenvalue weighted by Gasteiger charge is 2.14. The molecular formula is C18H23N. The van der Waals surface area contributed by atoms with Gasteiger partial charge in [0.1, 0.15) is 0 Å². The van der Waals surface area contributed by atoms with Crippen molar-refractivity contribution in [2.24, 2.45) is 4.99 Å². The average Bonchev–Trinajstić information content (AvgIpc) is 2.76. The molecule has 0 saturated carbocycles. The Morgan fingerprint density at radius 1 is 1.21 bits per heavy atom. The lowest BCUT2D eigenvalue weighted by atomic mass is 9.96. The largest absolute Gasteiger partial charge is 0.293 e. The van der Waals surface area contributed by atoms with Gasteiger partial charge < -0.3 is 0 Å². The van der Waals surface area contributed by atoms with Gasteiger partial charge in [0.25, 0.3) is 0 Å². The Morgan fingerprint density at radius 3 is 2.68 bits per heavy atom. The van der Waals surface area contributed by atoms with Crippen LogP contribution in [0.15, 0.2) is 46.5 Å². The molecule has 1 nitrogen and oxygen atoms in total. The minimum absolute atomic E-state index is 0.931. The van der Waals surface area contributed by atoms with E-state index in [0.29, 0.717) is 0 Å². The molecule has 19 heavy (non-hydrogen) atoms. The first-order valence-electron chi connectivity index (χ1n) is 7.20. The fraction of sp³-hybridized carbons (Fsp3) is 0.389. The summed E-state index contributed by atoms with van der Waals surface area (Å²) in [6, 6.07) is 8.59. The van der Waals surface area contributed by atoms with E-state index in [0.717, 1.165) is 13.0 Å². The topological polar surface area (TPSA) is 12.4 Å². The Hall–Kier alpha value is -1.63. The minimum atomic E-state index is 0.931. The van der Waals surface area contributed by atoms with E-state index >= 15 is 0 Å². The van der Waals surface area contributed by atoms with Gasteiger partial charge in [-0.3, -0.25) is 4.99 Å². The second kappa shape index (κ2) is 6.51. The van der Waals surface area contributed by atoms with Crippen molar-refractivity contribution >= 4 is 11.8 Å².